The summed E-state index contributed by atoms with van der Waals surface area (Å²) in [6.45, 7) is 4.42. The quantitative estimate of drug-likeness (QED) is 0.261. The molecule has 5 aromatic rings. The number of aromatic nitrogens is 3. The molecule has 2 amide bonds. The normalized spacial score (nSPS) is 17.5. The first-order valence-corrected chi connectivity index (χ1v) is 14.1. The molecule has 2 atom stereocenters. The first-order valence-electron chi connectivity index (χ1n) is 14.1. The average Bonchev–Trinajstić information content (AvgIpc) is 3.53. The third-order valence-electron chi connectivity index (χ3n) is 7.82. The van der Waals surface area contributed by atoms with Gasteiger partial charge in [0.05, 0.1) is 12.3 Å². The van der Waals surface area contributed by atoms with Crippen LogP contribution in [0.2, 0.25) is 0 Å². The molecule has 10 nitrogen and oxygen atoms in total. The molecule has 4 heterocycles. The van der Waals surface area contributed by atoms with Gasteiger partial charge in [0, 0.05) is 54.9 Å². The molecule has 0 radical (unpaired) electrons. The van der Waals surface area contributed by atoms with E-state index in [1.807, 2.05) is 74.6 Å². The van der Waals surface area contributed by atoms with Crippen LogP contribution in [0.1, 0.15) is 41.1 Å². The number of ether oxygens (including phenoxy) is 1. The number of nitrogens with zero attached hydrogens (tertiary/aromatic N) is 3. The Kier molecular flexibility index (Phi) is 7.41. The summed E-state index contributed by atoms with van der Waals surface area (Å²) < 4.78 is 7.30. The number of H-pyrrole nitrogens is 1. The minimum absolute atomic E-state index is 0.0672. The predicted molar refractivity (Wildman–Crippen MR) is 166 cm³/mol. The van der Waals surface area contributed by atoms with Gasteiger partial charge in [-0.15, -0.1) is 0 Å². The lowest BCUT2D eigenvalue weighted by molar-refractivity contribution is -0.131. The summed E-state index contributed by atoms with van der Waals surface area (Å²) in [6, 6.07) is 19.8. The molecule has 3 aromatic carbocycles. The van der Waals surface area contributed by atoms with E-state index in [-0.39, 0.29) is 30.5 Å². The van der Waals surface area contributed by atoms with Gasteiger partial charge < -0.3 is 19.9 Å². The molecule has 4 bridgehead atoms. The number of carbonyl (C=O) groups is 2. The number of anilines is 2. The lowest BCUT2D eigenvalue weighted by Crippen LogP contribution is -2.35. The lowest BCUT2D eigenvalue weighted by Gasteiger charge is -2.28. The van der Waals surface area contributed by atoms with Crippen molar-refractivity contribution in [1.82, 2.24) is 19.7 Å². The molecular formula is C33H32N6O4. The number of hydrogen-bond donors (Lipinski definition) is 3. The van der Waals surface area contributed by atoms with E-state index in [0.29, 0.717) is 16.8 Å². The van der Waals surface area contributed by atoms with E-state index in [9.17, 15) is 14.4 Å². The number of rotatable bonds is 3. The molecule has 0 fully saturated rings. The number of likely N-dealkylation sites (N-methyl/N-ethyl adjacent to an activating group) is 1. The summed E-state index contributed by atoms with van der Waals surface area (Å²) in [6.07, 6.45) is 4.58. The number of benzene rings is 3. The van der Waals surface area contributed by atoms with Crippen molar-refractivity contribution in [2.24, 2.45) is 0 Å². The number of amides is 2. The van der Waals surface area contributed by atoms with E-state index in [0.717, 1.165) is 33.3 Å². The Morgan fingerprint density at radius 2 is 1.88 bits per heavy atom. The van der Waals surface area contributed by atoms with Crippen LogP contribution in [0.4, 0.5) is 16.2 Å². The predicted octanol–water partition coefficient (Wildman–Crippen LogP) is 5.50. The number of hydrogen-bond acceptors (Lipinski definition) is 6. The van der Waals surface area contributed by atoms with Gasteiger partial charge in [-0.1, -0.05) is 31.2 Å². The van der Waals surface area contributed by atoms with Crippen molar-refractivity contribution >= 4 is 34.1 Å². The van der Waals surface area contributed by atoms with E-state index in [2.05, 4.69) is 20.7 Å². The Balaban J connectivity index is 1.43. The Bertz CT molecular complexity index is 1880. The van der Waals surface area contributed by atoms with Crippen LogP contribution in [0, 0.1) is 6.92 Å². The fraction of sp³-hybridized carbons (Fsp3) is 0.212. The smallest absolute Gasteiger partial charge is 0.411 e. The summed E-state index contributed by atoms with van der Waals surface area (Å²) in [5, 5.41) is 11.9. The molecule has 0 aliphatic carbocycles. The van der Waals surface area contributed by atoms with Crippen molar-refractivity contribution < 1.29 is 14.3 Å². The number of pyridine rings is 1. The Hall–Kier alpha value is -5.38. The van der Waals surface area contributed by atoms with Crippen LogP contribution in [0.3, 0.4) is 0 Å². The molecule has 2 aliphatic heterocycles. The van der Waals surface area contributed by atoms with Gasteiger partial charge >= 0.3 is 6.09 Å². The maximum absolute atomic E-state index is 14.3. The van der Waals surface area contributed by atoms with Gasteiger partial charge in [0.15, 0.2) is 0 Å². The summed E-state index contributed by atoms with van der Waals surface area (Å²) in [4.78, 5) is 43.8. The third-order valence-corrected chi connectivity index (χ3v) is 7.82. The van der Waals surface area contributed by atoms with Crippen molar-refractivity contribution in [1.29, 1.82) is 0 Å². The molecular weight excluding hydrogens is 544 g/mol. The van der Waals surface area contributed by atoms with Crippen LogP contribution < -0.4 is 16.2 Å². The van der Waals surface area contributed by atoms with E-state index < -0.39 is 12.1 Å². The fourth-order valence-electron chi connectivity index (χ4n) is 5.58. The maximum atomic E-state index is 14.3. The highest BCUT2D eigenvalue weighted by Crippen LogP contribution is 2.30. The number of aromatic amines is 1. The van der Waals surface area contributed by atoms with E-state index in [4.69, 9.17) is 4.74 Å². The molecule has 0 unspecified atom stereocenters. The van der Waals surface area contributed by atoms with Crippen LogP contribution in [0.25, 0.3) is 16.5 Å². The number of fused-ring (bicyclic) bond motifs is 10. The monoisotopic (exact) mass is 576 g/mol. The molecule has 0 saturated carbocycles. The van der Waals surface area contributed by atoms with Crippen LogP contribution >= 0.6 is 0 Å². The Morgan fingerprint density at radius 1 is 1.02 bits per heavy atom. The lowest BCUT2D eigenvalue weighted by atomic mass is 9.93. The Labute approximate surface area is 248 Å². The summed E-state index contributed by atoms with van der Waals surface area (Å²) in [7, 11) is 1.75. The van der Waals surface area contributed by atoms with Crippen molar-refractivity contribution in [2.75, 3.05) is 24.3 Å². The first kappa shape index (κ1) is 27.8. The zero-order valence-electron chi connectivity index (χ0n) is 24.1. The van der Waals surface area contributed by atoms with Gasteiger partial charge in [-0.05, 0) is 77.0 Å². The highest BCUT2D eigenvalue weighted by atomic mass is 16.5. The second kappa shape index (κ2) is 11.5. The zero-order valence-corrected chi connectivity index (χ0v) is 24.1. The van der Waals surface area contributed by atoms with Gasteiger partial charge in [-0.2, -0.15) is 5.10 Å². The van der Waals surface area contributed by atoms with Gasteiger partial charge in [0.1, 0.15) is 6.04 Å². The number of aryl methyl sites for hydroxylation is 1. The van der Waals surface area contributed by atoms with Gasteiger partial charge in [-0.3, -0.25) is 14.9 Å². The van der Waals surface area contributed by atoms with E-state index in [1.165, 1.54) is 0 Å². The van der Waals surface area contributed by atoms with Crippen molar-refractivity contribution in [3.05, 3.63) is 118 Å². The van der Waals surface area contributed by atoms with Crippen LogP contribution in [-0.2, 0) is 16.1 Å². The standard InChI is InChI=1S/C33H32N6O4/c1-20-15-23-6-9-27(20)21(2)19-43-33(42)37-25-8-10-29(39-14-4-12-35-39)24(16-25)18-38(3)32(41)30(23)36-26-7-5-22-11-13-34-31(40)28(22)17-26/h4-17,21,30,36H,18-19H2,1-3H3,(H,34,40)(H,37,42)/t21-,30+/m0/s1. The highest BCUT2D eigenvalue weighted by Gasteiger charge is 2.27. The fourth-order valence-corrected chi connectivity index (χ4v) is 5.58. The number of carbonyl (C=O) groups excluding carboxylic acids is 2. The Morgan fingerprint density at radius 3 is 2.67 bits per heavy atom. The molecule has 43 heavy (non-hydrogen) atoms. The SMILES string of the molecule is Cc1cc2ccc1[C@@H](C)COC(=O)Nc1ccc(-n3cccn3)c(c1)CN(C)C(=O)[C@@H]2Nc1ccc2cc[nH]c(=O)c2c1. The zero-order chi connectivity index (χ0) is 30.1. The average molecular weight is 577 g/mol. The second-order valence-electron chi connectivity index (χ2n) is 10.9. The van der Waals surface area contributed by atoms with Crippen molar-refractivity contribution in [3.63, 3.8) is 0 Å². The van der Waals surface area contributed by atoms with E-state index in [1.54, 1.807) is 41.2 Å². The van der Waals surface area contributed by atoms with Gasteiger partial charge in [0.2, 0.25) is 5.91 Å². The second-order valence-corrected chi connectivity index (χ2v) is 10.9. The largest absolute Gasteiger partial charge is 0.449 e. The highest BCUT2D eigenvalue weighted by molar-refractivity contribution is 5.89. The third kappa shape index (κ3) is 5.72. The minimum Gasteiger partial charge on any atom is -0.449 e. The molecule has 0 saturated heterocycles. The molecule has 218 valence electrons. The van der Waals surface area contributed by atoms with E-state index >= 15 is 0 Å². The minimum atomic E-state index is -0.742. The molecule has 3 N–H and O–H groups in total. The molecule has 7 rings (SSSR count). The summed E-state index contributed by atoms with van der Waals surface area (Å²) in [5.41, 5.74) is 5.33. The van der Waals surface area contributed by atoms with Gasteiger partial charge in [-0.25, -0.2) is 9.48 Å². The van der Waals surface area contributed by atoms with Crippen LogP contribution in [-0.4, -0.2) is 45.3 Å². The topological polar surface area (TPSA) is 121 Å². The van der Waals surface area contributed by atoms with Crippen molar-refractivity contribution in [3.8, 4) is 5.69 Å². The van der Waals surface area contributed by atoms with Crippen LogP contribution in [0.15, 0.2) is 90.1 Å². The molecule has 2 aliphatic rings. The maximum Gasteiger partial charge on any atom is 0.411 e. The molecule has 0 spiro atoms. The number of nitrogens with one attached hydrogen (secondary N) is 3. The first-order chi connectivity index (χ1) is 20.8. The van der Waals surface area contributed by atoms with Gasteiger partial charge in [0.25, 0.3) is 5.56 Å². The van der Waals surface area contributed by atoms with Crippen LogP contribution in [0.5, 0.6) is 0 Å². The molecule has 10 heteroatoms. The summed E-state index contributed by atoms with van der Waals surface area (Å²) >= 11 is 0. The van der Waals surface area contributed by atoms with Crippen molar-refractivity contribution in [2.45, 2.75) is 32.4 Å². The summed E-state index contributed by atoms with van der Waals surface area (Å²) in [5.74, 6) is -0.235. The molecule has 2 aromatic heterocycles.